The van der Waals surface area contributed by atoms with E-state index < -0.39 is 26.7 Å². The summed E-state index contributed by atoms with van der Waals surface area (Å²) in [4.78, 5) is -0.414. The molecule has 0 bridgehead atoms. The van der Waals surface area contributed by atoms with Crippen LogP contribution in [-0.4, -0.2) is 12.7 Å². The second-order valence-electron chi connectivity index (χ2n) is 6.30. The van der Waals surface area contributed by atoms with Crippen LogP contribution >= 0.6 is 0 Å². The van der Waals surface area contributed by atoms with Gasteiger partial charge >= 0.3 is 6.18 Å². The van der Waals surface area contributed by atoms with E-state index in [1.165, 1.54) is 6.26 Å². The van der Waals surface area contributed by atoms with Crippen molar-refractivity contribution in [3.63, 3.8) is 0 Å². The van der Waals surface area contributed by atoms with Gasteiger partial charge in [0.25, 0.3) is 0 Å². The van der Waals surface area contributed by atoms with Crippen LogP contribution in [0.25, 0.3) is 0 Å². The van der Waals surface area contributed by atoms with Gasteiger partial charge in [0.05, 0.1) is 23.3 Å². The minimum Gasteiger partial charge on any atom is -0.468 e. The van der Waals surface area contributed by atoms with Crippen molar-refractivity contribution in [3.05, 3.63) is 89.4 Å². The Kier molecular flexibility index (Phi) is 5.62. The van der Waals surface area contributed by atoms with Crippen molar-refractivity contribution in [1.29, 1.82) is 0 Å². The number of nitrogens with zero attached hydrogens (tertiary/aromatic N) is 1. The fourth-order valence-electron chi connectivity index (χ4n) is 2.76. The molecular formula is C20H18F3NO3S. The minimum atomic E-state index is -4.63. The minimum absolute atomic E-state index is 0.00590. The molecule has 0 spiro atoms. The fourth-order valence-corrected chi connectivity index (χ4v) is 4.19. The Morgan fingerprint density at radius 1 is 0.964 bits per heavy atom. The van der Waals surface area contributed by atoms with Crippen molar-refractivity contribution in [2.24, 2.45) is 0 Å². The Labute approximate surface area is 161 Å². The van der Waals surface area contributed by atoms with Crippen LogP contribution in [0.3, 0.4) is 0 Å². The highest BCUT2D eigenvalue weighted by molar-refractivity contribution is 7.89. The summed E-state index contributed by atoms with van der Waals surface area (Å²) < 4.78 is 71.8. The molecule has 3 rings (SSSR count). The van der Waals surface area contributed by atoms with E-state index >= 15 is 0 Å². The molecule has 0 saturated heterocycles. The molecule has 0 aliphatic carbocycles. The number of halogens is 3. The number of sulfonamides is 1. The zero-order chi connectivity index (χ0) is 20.4. The van der Waals surface area contributed by atoms with Gasteiger partial charge < -0.3 is 4.42 Å². The summed E-state index contributed by atoms with van der Waals surface area (Å²) in [7, 11) is -4.20. The first-order valence-corrected chi connectivity index (χ1v) is 9.86. The Morgan fingerprint density at radius 2 is 1.71 bits per heavy atom. The molecule has 1 aromatic heterocycles. The van der Waals surface area contributed by atoms with Crippen LogP contribution in [0.5, 0.6) is 0 Å². The van der Waals surface area contributed by atoms with E-state index in [2.05, 4.69) is 0 Å². The molecule has 0 aliphatic heterocycles. The second kappa shape index (κ2) is 7.81. The molecule has 0 aliphatic rings. The first kappa shape index (κ1) is 20.2. The zero-order valence-corrected chi connectivity index (χ0v) is 15.8. The molecule has 0 radical (unpaired) electrons. The lowest BCUT2D eigenvalue weighted by molar-refractivity contribution is -0.137. The van der Waals surface area contributed by atoms with Crippen LogP contribution in [0.4, 0.5) is 13.2 Å². The molecule has 3 aromatic rings. The lowest BCUT2D eigenvalue weighted by Crippen LogP contribution is -2.30. The smallest absolute Gasteiger partial charge is 0.416 e. The lowest BCUT2D eigenvalue weighted by atomic mass is 10.1. The normalized spacial score (nSPS) is 12.5. The summed E-state index contributed by atoms with van der Waals surface area (Å²) in [6.45, 7) is 1.75. The number of rotatable bonds is 6. The third kappa shape index (κ3) is 4.45. The maximum absolute atomic E-state index is 13.2. The second-order valence-corrected chi connectivity index (χ2v) is 8.24. The van der Waals surface area contributed by atoms with E-state index in [0.29, 0.717) is 11.8 Å². The predicted octanol–water partition coefficient (Wildman–Crippen LogP) is 5.00. The Hall–Kier alpha value is -2.58. The van der Waals surface area contributed by atoms with Crippen molar-refractivity contribution < 1.29 is 26.0 Å². The number of hydrogen-bond donors (Lipinski definition) is 0. The van der Waals surface area contributed by atoms with E-state index in [0.717, 1.165) is 33.6 Å². The standard InChI is InChI=1S/C20H18F3NO3S/c1-15-6-2-3-7-16(15)13-24(14-18-9-5-11-27-18)28(25,26)19-10-4-8-17(12-19)20(21,22)23/h2-12H,13-14H2,1H3. The molecular weight excluding hydrogens is 391 g/mol. The van der Waals surface area contributed by atoms with Gasteiger partial charge in [-0.15, -0.1) is 0 Å². The van der Waals surface area contributed by atoms with Crippen molar-refractivity contribution in [3.8, 4) is 0 Å². The predicted molar refractivity (Wildman–Crippen MR) is 97.8 cm³/mol. The SMILES string of the molecule is Cc1ccccc1CN(Cc1ccco1)S(=O)(=O)c1cccc(C(F)(F)F)c1. The van der Waals surface area contributed by atoms with Crippen molar-refractivity contribution in [2.45, 2.75) is 31.1 Å². The number of benzene rings is 2. The topological polar surface area (TPSA) is 50.5 Å². The molecule has 4 nitrogen and oxygen atoms in total. The summed E-state index contributed by atoms with van der Waals surface area (Å²) in [5, 5.41) is 0. The van der Waals surface area contributed by atoms with Gasteiger partial charge in [-0.05, 0) is 48.4 Å². The molecule has 0 fully saturated rings. The molecule has 0 amide bonds. The van der Waals surface area contributed by atoms with Crippen LogP contribution < -0.4 is 0 Å². The Morgan fingerprint density at radius 3 is 2.36 bits per heavy atom. The average Bonchev–Trinajstić information content (AvgIpc) is 3.15. The summed E-state index contributed by atoms with van der Waals surface area (Å²) in [6.07, 6.45) is -3.22. The molecule has 0 N–H and O–H groups in total. The van der Waals surface area contributed by atoms with Gasteiger partial charge in [-0.1, -0.05) is 30.3 Å². The molecule has 2 aromatic carbocycles. The highest BCUT2D eigenvalue weighted by atomic mass is 32.2. The van der Waals surface area contributed by atoms with E-state index in [4.69, 9.17) is 4.42 Å². The highest BCUT2D eigenvalue weighted by Gasteiger charge is 2.33. The molecule has 28 heavy (non-hydrogen) atoms. The lowest BCUT2D eigenvalue weighted by Gasteiger charge is -2.23. The molecule has 0 unspecified atom stereocenters. The quantitative estimate of drug-likeness (QED) is 0.576. The third-order valence-electron chi connectivity index (χ3n) is 4.32. The largest absolute Gasteiger partial charge is 0.468 e. The van der Waals surface area contributed by atoms with E-state index in [1.807, 2.05) is 19.1 Å². The van der Waals surface area contributed by atoms with E-state index in [1.54, 1.807) is 24.3 Å². The zero-order valence-electron chi connectivity index (χ0n) is 15.0. The van der Waals surface area contributed by atoms with Crippen LogP contribution in [0.15, 0.2) is 76.2 Å². The maximum Gasteiger partial charge on any atom is 0.416 e. The van der Waals surface area contributed by atoms with Crippen LogP contribution in [-0.2, 0) is 29.3 Å². The number of aryl methyl sites for hydroxylation is 1. The van der Waals surface area contributed by atoms with Gasteiger partial charge in [0, 0.05) is 6.54 Å². The van der Waals surface area contributed by atoms with Gasteiger partial charge in [0.2, 0.25) is 10.0 Å². The van der Waals surface area contributed by atoms with Crippen LogP contribution in [0, 0.1) is 6.92 Å². The van der Waals surface area contributed by atoms with Gasteiger partial charge in [-0.25, -0.2) is 8.42 Å². The summed E-state index contributed by atoms with van der Waals surface area (Å²) in [6, 6.07) is 14.2. The van der Waals surface area contributed by atoms with Crippen molar-refractivity contribution in [2.75, 3.05) is 0 Å². The van der Waals surface area contributed by atoms with Crippen LogP contribution in [0.1, 0.15) is 22.5 Å². The summed E-state index contributed by atoms with van der Waals surface area (Å²) >= 11 is 0. The Bertz CT molecular complexity index is 1040. The van der Waals surface area contributed by atoms with Crippen LogP contribution in [0.2, 0.25) is 0 Å². The molecule has 8 heteroatoms. The van der Waals surface area contributed by atoms with Gasteiger partial charge in [0.15, 0.2) is 0 Å². The molecule has 0 saturated carbocycles. The maximum atomic E-state index is 13.2. The monoisotopic (exact) mass is 409 g/mol. The number of hydrogen-bond acceptors (Lipinski definition) is 3. The highest BCUT2D eigenvalue weighted by Crippen LogP contribution is 2.32. The Balaban J connectivity index is 2.02. The fraction of sp³-hybridized carbons (Fsp3) is 0.200. The number of alkyl halides is 3. The van der Waals surface area contributed by atoms with E-state index in [9.17, 15) is 21.6 Å². The molecule has 148 valence electrons. The summed E-state index contributed by atoms with van der Waals surface area (Å²) in [5.74, 6) is 0.393. The summed E-state index contributed by atoms with van der Waals surface area (Å²) in [5.41, 5.74) is 0.623. The van der Waals surface area contributed by atoms with Gasteiger partial charge in [-0.2, -0.15) is 17.5 Å². The number of furan rings is 1. The molecule has 1 heterocycles. The first-order chi connectivity index (χ1) is 13.2. The van der Waals surface area contributed by atoms with Gasteiger partial charge in [-0.3, -0.25) is 0 Å². The average molecular weight is 409 g/mol. The third-order valence-corrected chi connectivity index (χ3v) is 6.11. The molecule has 0 atom stereocenters. The van der Waals surface area contributed by atoms with Gasteiger partial charge in [0.1, 0.15) is 5.76 Å². The first-order valence-electron chi connectivity index (χ1n) is 8.42. The van der Waals surface area contributed by atoms with Crippen molar-refractivity contribution in [1.82, 2.24) is 4.31 Å². The van der Waals surface area contributed by atoms with E-state index in [-0.39, 0.29) is 13.1 Å². The van der Waals surface area contributed by atoms with Crippen molar-refractivity contribution >= 4 is 10.0 Å².